The van der Waals surface area contributed by atoms with Gasteiger partial charge < -0.3 is 18.7 Å². The van der Waals surface area contributed by atoms with Gasteiger partial charge in [-0.15, -0.1) is 0 Å². The summed E-state index contributed by atoms with van der Waals surface area (Å²) in [6.07, 6.45) is 8.51. The molecule has 44 heavy (non-hydrogen) atoms. The third-order valence-corrected chi connectivity index (χ3v) is 12.9. The lowest BCUT2D eigenvalue weighted by molar-refractivity contribution is -0.231. The summed E-state index contributed by atoms with van der Waals surface area (Å²) in [5, 5.41) is 4.56. The van der Waals surface area contributed by atoms with Crippen molar-refractivity contribution < 1.29 is 33.1 Å². The largest absolute Gasteiger partial charge is 0.472 e. The third-order valence-electron chi connectivity index (χ3n) is 12.4. The normalized spacial score (nSPS) is 42.1. The van der Waals surface area contributed by atoms with Gasteiger partial charge in [0.15, 0.2) is 5.78 Å². The van der Waals surface area contributed by atoms with Crippen LogP contribution in [-0.2, 0) is 23.9 Å². The molecule has 0 N–H and O–H groups in total. The first-order chi connectivity index (χ1) is 20.7. The van der Waals surface area contributed by atoms with Crippen LogP contribution in [0.1, 0.15) is 82.6 Å². The first-order valence-corrected chi connectivity index (χ1v) is 16.2. The fourth-order valence-electron chi connectivity index (χ4n) is 10.4. The van der Waals surface area contributed by atoms with Crippen molar-refractivity contribution in [2.75, 3.05) is 0 Å². The molecule has 0 bridgehead atoms. The van der Waals surface area contributed by atoms with Crippen molar-refractivity contribution in [2.45, 2.75) is 84.5 Å². The number of esters is 1. The van der Waals surface area contributed by atoms with Gasteiger partial charge >= 0.3 is 11.9 Å². The molecule has 2 heterocycles. The van der Waals surface area contributed by atoms with Crippen molar-refractivity contribution in [1.82, 2.24) is 0 Å². The fourth-order valence-corrected chi connectivity index (χ4v) is 10.7. The van der Waals surface area contributed by atoms with Gasteiger partial charge in [0.25, 0.3) is 0 Å². The number of allylic oxidation sites excluding steroid dienone is 2. The number of fused-ring (bicyclic) bond motifs is 3. The summed E-state index contributed by atoms with van der Waals surface area (Å²) in [6.45, 7) is 12.2. The Labute approximate surface area is 265 Å². The lowest BCUT2D eigenvalue weighted by Crippen LogP contribution is -2.70. The number of carbonyl (C=O) groups excluding carboxylic acids is 3. The van der Waals surface area contributed by atoms with Crippen LogP contribution in [0, 0.1) is 33.5 Å². The molecule has 9 atom stereocenters. The van der Waals surface area contributed by atoms with E-state index in [2.05, 4.69) is 47.9 Å². The second-order valence-corrected chi connectivity index (χ2v) is 15.5. The molecule has 4 fully saturated rings. The Kier molecular flexibility index (Phi) is 6.39. The van der Waals surface area contributed by atoms with E-state index in [1.54, 1.807) is 42.9 Å². The number of furan rings is 1. The van der Waals surface area contributed by atoms with E-state index in [9.17, 15) is 14.4 Å². The number of carbonyl (C=O) groups is 3. The van der Waals surface area contributed by atoms with E-state index in [0.717, 1.165) is 22.9 Å². The molecule has 8 nitrogen and oxygen atoms in total. The minimum atomic E-state index is -0.749. The van der Waals surface area contributed by atoms with Crippen LogP contribution in [0.3, 0.4) is 0 Å². The quantitative estimate of drug-likeness (QED) is 0.149. The zero-order valence-corrected chi connectivity index (χ0v) is 27.5. The van der Waals surface area contributed by atoms with Crippen molar-refractivity contribution in [3.05, 3.63) is 70.6 Å². The molecule has 4 aliphatic carbocycles. The topological polar surface area (TPSA) is 108 Å². The molecule has 1 saturated heterocycles. The molecule has 0 radical (unpaired) electrons. The summed E-state index contributed by atoms with van der Waals surface area (Å²) < 4.78 is 19.6. The van der Waals surface area contributed by atoms with E-state index in [0.29, 0.717) is 17.7 Å². The molecule has 3 saturated carbocycles. The van der Waals surface area contributed by atoms with Crippen molar-refractivity contribution in [3.8, 4) is 0 Å². The summed E-state index contributed by atoms with van der Waals surface area (Å²) >= 11 is 3.40. The van der Waals surface area contributed by atoms with Gasteiger partial charge in [0.1, 0.15) is 17.8 Å². The first-order valence-electron chi connectivity index (χ1n) is 15.4. The number of epoxide rings is 1. The van der Waals surface area contributed by atoms with Gasteiger partial charge in [-0.25, -0.2) is 4.79 Å². The molecular weight excluding hydrogens is 626 g/mol. The number of oxime groups is 1. The molecule has 5 aliphatic rings. The third kappa shape index (κ3) is 3.65. The SMILES string of the molecule is CC(=O)O[C@@H]1C[C@H]2C(C)(C)C(=O)C=C[C@]2(C)[C@H]2CC[C@@]3(C)[C@H](c4ccoc4)/C(=N\OC(=O)c4ccc(Br)cc4)[C@H]4O[C@]43[C@@]21C. The zero-order valence-electron chi connectivity index (χ0n) is 25.9. The van der Waals surface area contributed by atoms with Gasteiger partial charge in [0, 0.05) is 33.6 Å². The van der Waals surface area contributed by atoms with Gasteiger partial charge in [-0.3, -0.25) is 9.59 Å². The summed E-state index contributed by atoms with van der Waals surface area (Å²) in [4.78, 5) is 44.5. The highest BCUT2D eigenvalue weighted by atomic mass is 79.9. The van der Waals surface area contributed by atoms with E-state index in [-0.39, 0.29) is 34.9 Å². The Morgan fingerprint density at radius 2 is 1.77 bits per heavy atom. The van der Waals surface area contributed by atoms with E-state index in [1.807, 2.05) is 19.9 Å². The Morgan fingerprint density at radius 1 is 1.05 bits per heavy atom. The van der Waals surface area contributed by atoms with E-state index in [1.165, 1.54) is 6.92 Å². The number of ether oxygens (including phenoxy) is 2. The number of halogens is 1. The minimum absolute atomic E-state index is 0.0149. The van der Waals surface area contributed by atoms with Crippen LogP contribution in [-0.4, -0.2) is 41.2 Å². The summed E-state index contributed by atoms with van der Waals surface area (Å²) in [5.74, 6) is -1.00. The molecule has 1 aliphatic heterocycles. The van der Waals surface area contributed by atoms with Crippen LogP contribution in [0.5, 0.6) is 0 Å². The lowest BCUT2D eigenvalue weighted by atomic mass is 9.36. The maximum Gasteiger partial charge on any atom is 0.365 e. The Bertz CT molecular complexity index is 1610. The number of ketones is 1. The maximum atomic E-state index is 13.2. The molecule has 1 spiro atoms. The monoisotopic (exact) mass is 663 g/mol. The van der Waals surface area contributed by atoms with Crippen molar-refractivity contribution in [1.29, 1.82) is 0 Å². The smallest absolute Gasteiger partial charge is 0.365 e. The van der Waals surface area contributed by atoms with Crippen LogP contribution in [0.2, 0.25) is 0 Å². The summed E-state index contributed by atoms with van der Waals surface area (Å²) in [7, 11) is 0. The van der Waals surface area contributed by atoms with E-state index in [4.69, 9.17) is 18.7 Å². The highest BCUT2D eigenvalue weighted by Gasteiger charge is 2.89. The van der Waals surface area contributed by atoms with Gasteiger partial charge in [0.2, 0.25) is 0 Å². The van der Waals surface area contributed by atoms with E-state index < -0.39 is 40.0 Å². The van der Waals surface area contributed by atoms with Gasteiger partial charge in [0.05, 0.1) is 23.8 Å². The fraction of sp³-hybridized carbons (Fsp3) is 0.543. The van der Waals surface area contributed by atoms with Crippen LogP contribution >= 0.6 is 15.9 Å². The number of hydrogen-bond acceptors (Lipinski definition) is 8. The van der Waals surface area contributed by atoms with Gasteiger partial charge in [-0.1, -0.05) is 61.8 Å². The Morgan fingerprint density at radius 3 is 2.43 bits per heavy atom. The highest BCUT2D eigenvalue weighted by molar-refractivity contribution is 9.10. The molecule has 0 amide bonds. The standard InChI is InChI=1S/C35H38BrNO7/c1-19(38)42-26-17-24-31(2,3)25(39)12-14-32(24,4)23-11-15-33(5)27(21-13-16-41-18-21)28(29-35(33,43-29)34(23,26)6)37-44-30(40)20-7-9-22(36)10-8-20/h7-10,12-14,16,18,23-24,26-27,29H,11,15,17H2,1-6H3/b37-28+/t23-,24+,26-,27-,29-,32-,33+,34+,35-/m1/s1. The zero-order chi connectivity index (χ0) is 31.4. The molecule has 1 aromatic carbocycles. The van der Waals surface area contributed by atoms with Crippen LogP contribution in [0.4, 0.5) is 0 Å². The number of nitrogens with zero attached hydrogens (tertiary/aromatic N) is 1. The van der Waals surface area contributed by atoms with Crippen molar-refractivity contribution in [3.63, 3.8) is 0 Å². The first kappa shape index (κ1) is 29.7. The van der Waals surface area contributed by atoms with Crippen LogP contribution in [0.25, 0.3) is 0 Å². The van der Waals surface area contributed by atoms with Gasteiger partial charge in [-0.05, 0) is 78.5 Å². The predicted octanol–water partition coefficient (Wildman–Crippen LogP) is 7.04. The van der Waals surface area contributed by atoms with Crippen molar-refractivity contribution >= 4 is 39.4 Å². The number of hydrogen-bond donors (Lipinski definition) is 0. The molecule has 9 heteroatoms. The van der Waals surface area contributed by atoms with Crippen LogP contribution in [0.15, 0.2) is 69.1 Å². The second kappa shape index (κ2) is 9.49. The molecule has 2 aromatic rings. The molecular formula is C35H38BrNO7. The number of rotatable bonds is 4. The molecule has 7 rings (SSSR count). The van der Waals surface area contributed by atoms with Crippen molar-refractivity contribution in [2.24, 2.45) is 38.7 Å². The lowest BCUT2D eigenvalue weighted by Gasteiger charge is -2.67. The second-order valence-electron chi connectivity index (χ2n) is 14.6. The predicted molar refractivity (Wildman–Crippen MR) is 165 cm³/mol. The minimum Gasteiger partial charge on any atom is -0.472 e. The summed E-state index contributed by atoms with van der Waals surface area (Å²) in [6, 6.07) is 8.87. The Balaban J connectivity index is 1.36. The Hall–Kier alpha value is -3.04. The average Bonchev–Trinajstić information content (AvgIpc) is 3.41. The summed E-state index contributed by atoms with van der Waals surface area (Å²) in [5.41, 5.74) is -0.802. The number of benzene rings is 1. The van der Waals surface area contributed by atoms with E-state index >= 15 is 0 Å². The average molecular weight is 665 g/mol. The molecule has 0 unspecified atom stereocenters. The molecule has 232 valence electrons. The maximum absolute atomic E-state index is 13.2. The van der Waals surface area contributed by atoms with Gasteiger partial charge in [-0.2, -0.15) is 0 Å². The van der Waals surface area contributed by atoms with Crippen LogP contribution < -0.4 is 0 Å². The highest BCUT2D eigenvalue weighted by Crippen LogP contribution is 2.81. The molecule has 1 aromatic heterocycles.